The van der Waals surface area contributed by atoms with Crippen LogP contribution in [0.5, 0.6) is 0 Å². The van der Waals surface area contributed by atoms with Gasteiger partial charge in [0.15, 0.2) is 0 Å². The number of carbonyl (C=O) groups is 1. The van der Waals surface area contributed by atoms with Crippen LogP contribution in [0.15, 0.2) is 24.5 Å². The SMILES string of the molecule is CCOC(=O)C[C@H]1CNCCN1Cc1ccncc1. The summed E-state index contributed by atoms with van der Waals surface area (Å²) >= 11 is 0. The monoisotopic (exact) mass is 263 g/mol. The van der Waals surface area contributed by atoms with Crippen molar-refractivity contribution in [2.45, 2.75) is 25.9 Å². The molecule has 1 N–H and O–H groups in total. The number of esters is 1. The second-order valence-corrected chi connectivity index (χ2v) is 4.69. The highest BCUT2D eigenvalue weighted by molar-refractivity contribution is 5.70. The molecule has 0 unspecified atom stereocenters. The van der Waals surface area contributed by atoms with E-state index < -0.39 is 0 Å². The van der Waals surface area contributed by atoms with Crippen LogP contribution in [0.25, 0.3) is 0 Å². The number of hydrogen-bond donors (Lipinski definition) is 1. The van der Waals surface area contributed by atoms with Gasteiger partial charge in [-0.15, -0.1) is 0 Å². The fraction of sp³-hybridized carbons (Fsp3) is 0.571. The van der Waals surface area contributed by atoms with Gasteiger partial charge in [0, 0.05) is 44.6 Å². The zero-order valence-electron chi connectivity index (χ0n) is 11.3. The molecular weight excluding hydrogens is 242 g/mol. The third-order valence-electron chi connectivity index (χ3n) is 3.31. The summed E-state index contributed by atoms with van der Waals surface area (Å²) in [7, 11) is 0. The van der Waals surface area contributed by atoms with Crippen LogP contribution in [0, 0.1) is 0 Å². The Kier molecular flexibility index (Phi) is 5.30. The van der Waals surface area contributed by atoms with Crippen LogP contribution in [-0.4, -0.2) is 48.1 Å². The zero-order chi connectivity index (χ0) is 13.5. The predicted molar refractivity (Wildman–Crippen MR) is 72.6 cm³/mol. The number of rotatable bonds is 5. The van der Waals surface area contributed by atoms with E-state index in [0.29, 0.717) is 13.0 Å². The fourth-order valence-corrected chi connectivity index (χ4v) is 2.35. The number of aromatic nitrogens is 1. The Hall–Kier alpha value is -1.46. The second-order valence-electron chi connectivity index (χ2n) is 4.69. The van der Waals surface area contributed by atoms with Crippen LogP contribution in [0.1, 0.15) is 18.9 Å². The van der Waals surface area contributed by atoms with E-state index in [0.717, 1.165) is 26.2 Å². The van der Waals surface area contributed by atoms with Crippen molar-refractivity contribution >= 4 is 5.97 Å². The molecular formula is C14H21N3O2. The number of ether oxygens (including phenoxy) is 1. The minimum atomic E-state index is -0.115. The van der Waals surface area contributed by atoms with Crippen molar-refractivity contribution in [3.05, 3.63) is 30.1 Å². The molecule has 0 bridgehead atoms. The lowest BCUT2D eigenvalue weighted by Crippen LogP contribution is -2.51. The van der Waals surface area contributed by atoms with Gasteiger partial charge in [-0.3, -0.25) is 14.7 Å². The molecule has 1 aliphatic heterocycles. The van der Waals surface area contributed by atoms with Crippen molar-refractivity contribution in [1.29, 1.82) is 0 Å². The molecule has 5 heteroatoms. The summed E-state index contributed by atoms with van der Waals surface area (Å²) in [5, 5.41) is 3.34. The number of hydrogen-bond acceptors (Lipinski definition) is 5. The molecule has 1 aromatic heterocycles. The smallest absolute Gasteiger partial charge is 0.307 e. The minimum Gasteiger partial charge on any atom is -0.466 e. The summed E-state index contributed by atoms with van der Waals surface area (Å²) in [6.45, 7) is 5.89. The molecule has 1 saturated heterocycles. The van der Waals surface area contributed by atoms with Gasteiger partial charge in [0.05, 0.1) is 13.0 Å². The lowest BCUT2D eigenvalue weighted by atomic mass is 10.1. The topological polar surface area (TPSA) is 54.5 Å². The highest BCUT2D eigenvalue weighted by atomic mass is 16.5. The number of piperazine rings is 1. The minimum absolute atomic E-state index is 0.115. The van der Waals surface area contributed by atoms with E-state index in [9.17, 15) is 4.79 Å². The molecule has 1 atom stereocenters. The largest absolute Gasteiger partial charge is 0.466 e. The Morgan fingerprint density at radius 3 is 3.05 bits per heavy atom. The molecule has 0 saturated carbocycles. The van der Waals surface area contributed by atoms with Crippen molar-refractivity contribution in [1.82, 2.24) is 15.2 Å². The summed E-state index contributed by atoms with van der Waals surface area (Å²) in [5.74, 6) is -0.115. The number of nitrogens with one attached hydrogen (secondary N) is 1. The molecule has 1 fully saturated rings. The Morgan fingerprint density at radius 1 is 1.53 bits per heavy atom. The van der Waals surface area contributed by atoms with Crippen LogP contribution in [-0.2, 0) is 16.1 Å². The van der Waals surface area contributed by atoms with Crippen LogP contribution in [0.4, 0.5) is 0 Å². The first-order valence-corrected chi connectivity index (χ1v) is 6.79. The lowest BCUT2D eigenvalue weighted by Gasteiger charge is -2.35. The molecule has 1 aromatic rings. The van der Waals surface area contributed by atoms with E-state index in [4.69, 9.17) is 4.74 Å². The number of carbonyl (C=O) groups excluding carboxylic acids is 1. The quantitative estimate of drug-likeness (QED) is 0.797. The van der Waals surface area contributed by atoms with Gasteiger partial charge in [0.2, 0.25) is 0 Å². The van der Waals surface area contributed by atoms with Crippen molar-refractivity contribution in [3.63, 3.8) is 0 Å². The van der Waals surface area contributed by atoms with E-state index in [-0.39, 0.29) is 12.0 Å². The molecule has 0 spiro atoms. The average Bonchev–Trinajstić information content (AvgIpc) is 2.42. The van der Waals surface area contributed by atoms with E-state index >= 15 is 0 Å². The standard InChI is InChI=1S/C14H21N3O2/c1-2-19-14(18)9-13-10-16-7-8-17(13)11-12-3-5-15-6-4-12/h3-6,13,16H,2,7-11H2,1H3/t13-/m0/s1. The van der Waals surface area contributed by atoms with E-state index in [1.54, 1.807) is 12.4 Å². The van der Waals surface area contributed by atoms with Gasteiger partial charge in [-0.25, -0.2) is 0 Å². The Balaban J connectivity index is 1.94. The van der Waals surface area contributed by atoms with Crippen molar-refractivity contribution in [3.8, 4) is 0 Å². The summed E-state index contributed by atoms with van der Waals surface area (Å²) in [4.78, 5) is 18.0. The first kappa shape index (κ1) is 14.0. The van der Waals surface area contributed by atoms with Gasteiger partial charge >= 0.3 is 5.97 Å². The highest BCUT2D eigenvalue weighted by Gasteiger charge is 2.25. The predicted octanol–water partition coefficient (Wildman–Crippen LogP) is 0.809. The zero-order valence-corrected chi connectivity index (χ0v) is 11.3. The van der Waals surface area contributed by atoms with Crippen molar-refractivity contribution < 1.29 is 9.53 Å². The third kappa shape index (κ3) is 4.29. The molecule has 2 rings (SSSR count). The maximum atomic E-state index is 11.6. The van der Waals surface area contributed by atoms with Crippen LogP contribution in [0.2, 0.25) is 0 Å². The Morgan fingerprint density at radius 2 is 2.32 bits per heavy atom. The maximum Gasteiger partial charge on any atom is 0.307 e. The molecule has 0 aromatic carbocycles. The summed E-state index contributed by atoms with van der Waals surface area (Å²) in [6, 6.07) is 4.24. The van der Waals surface area contributed by atoms with E-state index in [2.05, 4.69) is 15.2 Å². The molecule has 1 aliphatic rings. The Labute approximate surface area is 114 Å². The van der Waals surface area contributed by atoms with Crippen LogP contribution in [0.3, 0.4) is 0 Å². The molecule has 104 valence electrons. The molecule has 0 aliphatic carbocycles. The summed E-state index contributed by atoms with van der Waals surface area (Å²) < 4.78 is 5.04. The number of pyridine rings is 1. The molecule has 2 heterocycles. The lowest BCUT2D eigenvalue weighted by molar-refractivity contribution is -0.144. The first-order chi connectivity index (χ1) is 9.29. The normalized spacial score (nSPS) is 20.2. The molecule has 5 nitrogen and oxygen atoms in total. The van der Waals surface area contributed by atoms with Crippen molar-refractivity contribution in [2.24, 2.45) is 0 Å². The van der Waals surface area contributed by atoms with Gasteiger partial charge in [-0.05, 0) is 24.6 Å². The van der Waals surface area contributed by atoms with Gasteiger partial charge < -0.3 is 10.1 Å². The van der Waals surface area contributed by atoms with Gasteiger partial charge in [-0.1, -0.05) is 0 Å². The van der Waals surface area contributed by atoms with Crippen molar-refractivity contribution in [2.75, 3.05) is 26.2 Å². The fourth-order valence-electron chi connectivity index (χ4n) is 2.35. The Bertz CT molecular complexity index is 397. The van der Waals surface area contributed by atoms with Gasteiger partial charge in [-0.2, -0.15) is 0 Å². The molecule has 19 heavy (non-hydrogen) atoms. The first-order valence-electron chi connectivity index (χ1n) is 6.79. The van der Waals surface area contributed by atoms with Gasteiger partial charge in [0.1, 0.15) is 0 Å². The van der Waals surface area contributed by atoms with E-state index in [1.807, 2.05) is 19.1 Å². The highest BCUT2D eigenvalue weighted by Crippen LogP contribution is 2.13. The van der Waals surface area contributed by atoms with Gasteiger partial charge in [0.25, 0.3) is 0 Å². The van der Waals surface area contributed by atoms with E-state index in [1.165, 1.54) is 5.56 Å². The maximum absolute atomic E-state index is 11.6. The summed E-state index contributed by atoms with van der Waals surface area (Å²) in [6.07, 6.45) is 4.06. The third-order valence-corrected chi connectivity index (χ3v) is 3.31. The average molecular weight is 263 g/mol. The second kappa shape index (κ2) is 7.21. The van der Waals surface area contributed by atoms with Crippen LogP contribution >= 0.6 is 0 Å². The number of nitrogens with zero attached hydrogens (tertiary/aromatic N) is 2. The molecule has 0 amide bonds. The summed E-state index contributed by atoms with van der Waals surface area (Å²) in [5.41, 5.74) is 1.23. The van der Waals surface area contributed by atoms with Crippen LogP contribution < -0.4 is 5.32 Å². The molecule has 0 radical (unpaired) electrons.